The van der Waals surface area contributed by atoms with Gasteiger partial charge in [0.15, 0.2) is 6.10 Å². The largest absolute Gasteiger partial charge is 0.481 e. The first kappa shape index (κ1) is 33.9. The summed E-state index contributed by atoms with van der Waals surface area (Å²) >= 11 is 4.61. The van der Waals surface area contributed by atoms with Crippen LogP contribution < -0.4 is 10.6 Å². The van der Waals surface area contributed by atoms with Crippen LogP contribution in [-0.4, -0.2) is 66.4 Å². The van der Waals surface area contributed by atoms with Gasteiger partial charge in [-0.25, -0.2) is 4.79 Å². The number of aromatic amines is 2. The zero-order chi connectivity index (χ0) is 33.3. The third-order valence-corrected chi connectivity index (χ3v) is 9.53. The van der Waals surface area contributed by atoms with Crippen LogP contribution in [0.3, 0.4) is 0 Å². The van der Waals surface area contributed by atoms with E-state index in [-0.39, 0.29) is 60.6 Å². The highest BCUT2D eigenvalue weighted by atomic mass is 32.1. The Kier molecular flexibility index (Phi) is 10.2. The number of allylic oxidation sites excluding steroid dienone is 1. The monoisotopic (exact) mass is 638 g/mol. The maximum atomic E-state index is 12.5. The van der Waals surface area contributed by atoms with Crippen molar-refractivity contribution in [3.8, 4) is 0 Å². The minimum Gasteiger partial charge on any atom is -0.481 e. The van der Waals surface area contributed by atoms with Gasteiger partial charge in [0.1, 0.15) is 0 Å². The normalized spacial score (nSPS) is 22.1. The number of amides is 2. The molecule has 0 unspecified atom stereocenters. The molecule has 2 aromatic heterocycles. The fourth-order valence-electron chi connectivity index (χ4n) is 6.55. The Morgan fingerprint density at radius 2 is 1.71 bits per heavy atom. The first-order valence-corrected chi connectivity index (χ1v) is 15.5. The summed E-state index contributed by atoms with van der Waals surface area (Å²) < 4.78 is 0. The number of carboxylic acids is 2. The van der Waals surface area contributed by atoms with Gasteiger partial charge in [-0.2, -0.15) is 12.6 Å². The number of nitrogens with one attached hydrogen (secondary N) is 4. The van der Waals surface area contributed by atoms with Crippen molar-refractivity contribution in [1.82, 2.24) is 20.6 Å². The zero-order valence-electron chi connectivity index (χ0n) is 26.2. The number of aliphatic carboxylic acids is 2. The Hall–Kier alpha value is -4.03. The van der Waals surface area contributed by atoms with Crippen LogP contribution in [0, 0.1) is 25.7 Å². The van der Waals surface area contributed by atoms with E-state index in [0.29, 0.717) is 23.3 Å². The van der Waals surface area contributed by atoms with E-state index in [9.17, 15) is 34.5 Å². The predicted octanol–water partition coefficient (Wildman–Crippen LogP) is 3.14. The lowest BCUT2D eigenvalue weighted by molar-refractivity contribution is -0.146. The lowest BCUT2D eigenvalue weighted by Gasteiger charge is -2.17. The highest BCUT2D eigenvalue weighted by molar-refractivity contribution is 7.80. The number of aromatic nitrogens is 2. The summed E-state index contributed by atoms with van der Waals surface area (Å²) in [5, 5.41) is 35.2. The molecule has 242 valence electrons. The van der Waals surface area contributed by atoms with Crippen molar-refractivity contribution >= 4 is 42.5 Å². The number of rotatable bonds is 13. The molecule has 45 heavy (non-hydrogen) atoms. The number of aliphatic hydroxyl groups is 1. The highest BCUT2D eigenvalue weighted by Crippen LogP contribution is 2.35. The highest BCUT2D eigenvalue weighted by Gasteiger charge is 2.38. The molecule has 7 N–H and O–H groups in total. The maximum Gasteiger partial charge on any atom is 0.332 e. The van der Waals surface area contributed by atoms with E-state index in [1.165, 1.54) is 6.08 Å². The Morgan fingerprint density at radius 3 is 2.29 bits per heavy atom. The Bertz CT molecular complexity index is 1610. The number of hydrogen-bond acceptors (Lipinski definition) is 6. The molecule has 0 bridgehead atoms. The molecular formula is C33H42N4O7S. The number of carbonyl (C=O) groups is 4. The Balaban J connectivity index is 1.78. The molecule has 4 heterocycles. The molecule has 2 aliphatic heterocycles. The molecule has 0 aliphatic carbocycles. The van der Waals surface area contributed by atoms with E-state index in [2.05, 4.69) is 39.8 Å². The summed E-state index contributed by atoms with van der Waals surface area (Å²) in [7, 11) is 0. The van der Waals surface area contributed by atoms with Crippen molar-refractivity contribution in [3.05, 3.63) is 74.5 Å². The van der Waals surface area contributed by atoms with Crippen LogP contribution in [0.25, 0.3) is 6.08 Å². The SMILES string of the molecule is C=CC1=C(C)[C@@H](Cc2[nH]c(Cc3[nH]c(/C=C4\NC(=O)[C@H](C)[C@H]4[C@@H](C)S)c(C)c3CCC(=O)O)c(C[C@H](O)C(=O)O)c2C)NC1=O. The van der Waals surface area contributed by atoms with Crippen LogP contribution in [0.1, 0.15) is 72.2 Å². The van der Waals surface area contributed by atoms with E-state index in [1.54, 1.807) is 0 Å². The first-order valence-electron chi connectivity index (χ1n) is 15.0. The second kappa shape index (κ2) is 13.5. The maximum absolute atomic E-state index is 12.5. The minimum atomic E-state index is -1.63. The van der Waals surface area contributed by atoms with Crippen LogP contribution in [0.5, 0.6) is 0 Å². The van der Waals surface area contributed by atoms with Crippen molar-refractivity contribution < 1.29 is 34.5 Å². The van der Waals surface area contributed by atoms with Crippen molar-refractivity contribution in [2.24, 2.45) is 11.8 Å². The number of aliphatic hydroxyl groups excluding tert-OH is 1. The number of hydrogen-bond donors (Lipinski definition) is 8. The number of carboxylic acid groups (broad SMARTS) is 2. The van der Waals surface area contributed by atoms with E-state index in [4.69, 9.17) is 0 Å². The van der Waals surface area contributed by atoms with Gasteiger partial charge in [-0.05, 0) is 61.1 Å². The molecule has 0 spiro atoms. The van der Waals surface area contributed by atoms with Crippen molar-refractivity contribution in [2.75, 3.05) is 0 Å². The fraction of sp³-hybridized carbons (Fsp3) is 0.455. The summed E-state index contributed by atoms with van der Waals surface area (Å²) in [6, 6.07) is -0.281. The second-order valence-electron chi connectivity index (χ2n) is 12.1. The van der Waals surface area contributed by atoms with Crippen LogP contribution in [0.4, 0.5) is 0 Å². The van der Waals surface area contributed by atoms with Crippen molar-refractivity contribution in [1.29, 1.82) is 0 Å². The lowest BCUT2D eigenvalue weighted by Crippen LogP contribution is -2.30. The van der Waals surface area contributed by atoms with Crippen LogP contribution in [0.2, 0.25) is 0 Å². The van der Waals surface area contributed by atoms with Crippen LogP contribution in [-0.2, 0) is 44.9 Å². The summed E-state index contributed by atoms with van der Waals surface area (Å²) in [6.07, 6.45) is 2.52. The van der Waals surface area contributed by atoms with Gasteiger partial charge in [-0.3, -0.25) is 14.4 Å². The fourth-order valence-corrected chi connectivity index (χ4v) is 6.96. The number of carbonyl (C=O) groups excluding carboxylic acids is 2. The first-order chi connectivity index (χ1) is 21.1. The van der Waals surface area contributed by atoms with Gasteiger partial charge in [-0.15, -0.1) is 0 Å². The van der Waals surface area contributed by atoms with Gasteiger partial charge in [0.2, 0.25) is 5.91 Å². The van der Waals surface area contributed by atoms with Gasteiger partial charge in [-0.1, -0.05) is 26.5 Å². The van der Waals surface area contributed by atoms with E-state index in [0.717, 1.165) is 45.0 Å². The summed E-state index contributed by atoms with van der Waals surface area (Å²) in [6.45, 7) is 13.2. The molecule has 2 aliphatic rings. The third kappa shape index (κ3) is 6.96. The molecule has 0 saturated carbocycles. The molecule has 0 radical (unpaired) electrons. The minimum absolute atomic E-state index is 0.0811. The quantitative estimate of drug-likeness (QED) is 0.155. The van der Waals surface area contributed by atoms with E-state index >= 15 is 0 Å². The summed E-state index contributed by atoms with van der Waals surface area (Å²) in [4.78, 5) is 55.0. The molecule has 1 fully saturated rings. The van der Waals surface area contributed by atoms with Gasteiger partial charge in [0.05, 0.1) is 6.04 Å². The molecule has 2 amide bonds. The standard InChI is InChI=1S/C33H42N4O7S/c1-7-19-14(2)24(36-32(19)42)11-22-16(4)21(10-28(38)33(43)44)26(35-22)13-25-20(8-9-29(39)40)15(3)23(34-25)12-27-30(18(6)45)17(5)31(41)37-27/h7,12,17-18,24,28,30,34-35,38,45H,1,8-11,13H2,2-6H3,(H,36,42)(H,37,41)(H,39,40)(H,43,44)/b27-12-/t17-,18-,24-,28+,30+/m1/s1. The molecule has 11 nitrogen and oxygen atoms in total. The predicted molar refractivity (Wildman–Crippen MR) is 173 cm³/mol. The van der Waals surface area contributed by atoms with Gasteiger partial charge < -0.3 is 35.9 Å². The molecule has 0 aromatic carbocycles. The molecule has 4 rings (SSSR count). The molecule has 2 aromatic rings. The topological polar surface area (TPSA) is 185 Å². The second-order valence-corrected chi connectivity index (χ2v) is 12.9. The number of H-pyrrole nitrogens is 2. The van der Waals surface area contributed by atoms with Gasteiger partial charge in [0, 0.05) is 76.8 Å². The van der Waals surface area contributed by atoms with Gasteiger partial charge >= 0.3 is 11.9 Å². The summed E-state index contributed by atoms with van der Waals surface area (Å²) in [5.41, 5.74) is 8.15. The molecule has 5 atom stereocenters. The van der Waals surface area contributed by atoms with Gasteiger partial charge in [0.25, 0.3) is 5.91 Å². The number of thiol groups is 1. The molecule has 12 heteroatoms. The average molecular weight is 639 g/mol. The average Bonchev–Trinajstić information content (AvgIpc) is 3.60. The van der Waals surface area contributed by atoms with Crippen LogP contribution in [0.15, 0.2) is 29.5 Å². The van der Waals surface area contributed by atoms with Crippen LogP contribution >= 0.6 is 12.6 Å². The Labute approximate surface area is 267 Å². The van der Waals surface area contributed by atoms with Crippen molar-refractivity contribution in [2.45, 2.75) is 84.1 Å². The Morgan fingerprint density at radius 1 is 1.04 bits per heavy atom. The van der Waals surface area contributed by atoms with E-state index < -0.39 is 18.0 Å². The molecule has 1 saturated heterocycles. The molecular weight excluding hydrogens is 596 g/mol. The third-order valence-electron chi connectivity index (χ3n) is 9.21. The smallest absolute Gasteiger partial charge is 0.332 e. The summed E-state index contributed by atoms with van der Waals surface area (Å²) in [5.74, 6) is -2.93. The lowest BCUT2D eigenvalue weighted by atomic mass is 9.91. The zero-order valence-corrected chi connectivity index (χ0v) is 27.1. The van der Waals surface area contributed by atoms with Crippen molar-refractivity contribution in [3.63, 3.8) is 0 Å². The van der Waals surface area contributed by atoms with E-state index in [1.807, 2.05) is 40.7 Å².